The Bertz CT molecular complexity index is 1440. The van der Waals surface area contributed by atoms with Crippen molar-refractivity contribution in [2.75, 3.05) is 20.3 Å². The molecule has 0 saturated carbocycles. The van der Waals surface area contributed by atoms with E-state index in [1.807, 2.05) is 66.9 Å². The average molecular weight is 523 g/mol. The maximum atomic E-state index is 13.4. The number of amides is 2. The van der Waals surface area contributed by atoms with Gasteiger partial charge in [-0.25, -0.2) is 4.68 Å². The van der Waals surface area contributed by atoms with Crippen LogP contribution in [0.25, 0.3) is 23.0 Å². The lowest BCUT2D eigenvalue weighted by Crippen LogP contribution is -2.38. The van der Waals surface area contributed by atoms with Crippen molar-refractivity contribution in [2.45, 2.75) is 18.9 Å². The largest absolute Gasteiger partial charge is 0.497 e. The van der Waals surface area contributed by atoms with Crippen LogP contribution in [-0.2, 0) is 9.53 Å². The third-order valence-electron chi connectivity index (χ3n) is 6.47. The van der Waals surface area contributed by atoms with Gasteiger partial charge in [0.1, 0.15) is 17.1 Å². The summed E-state index contributed by atoms with van der Waals surface area (Å²) in [5.41, 5.74) is 3.64. The molecule has 3 aromatic carbocycles. The number of hydrogen-bond acceptors (Lipinski definition) is 5. The Morgan fingerprint density at radius 3 is 2.41 bits per heavy atom. The van der Waals surface area contributed by atoms with Crippen molar-refractivity contribution in [1.82, 2.24) is 20.4 Å². The smallest absolute Gasteiger partial charge is 0.267 e. The topological polar surface area (TPSA) is 94.5 Å². The molecule has 8 heteroatoms. The van der Waals surface area contributed by atoms with E-state index in [2.05, 4.69) is 10.6 Å². The highest BCUT2D eigenvalue weighted by Crippen LogP contribution is 2.26. The van der Waals surface area contributed by atoms with Crippen molar-refractivity contribution < 1.29 is 19.1 Å². The fraction of sp³-hybridized carbons (Fsp3) is 0.194. The lowest BCUT2D eigenvalue weighted by Gasteiger charge is -2.14. The highest BCUT2D eigenvalue weighted by atomic mass is 16.5. The second-order valence-electron chi connectivity index (χ2n) is 9.16. The Kier molecular flexibility index (Phi) is 8.14. The number of aromatic nitrogens is 2. The Labute approximate surface area is 227 Å². The summed E-state index contributed by atoms with van der Waals surface area (Å²) < 4.78 is 12.6. The fourth-order valence-corrected chi connectivity index (χ4v) is 4.38. The molecule has 1 saturated heterocycles. The molecule has 1 atom stereocenters. The Morgan fingerprint density at radius 2 is 1.74 bits per heavy atom. The van der Waals surface area contributed by atoms with Crippen LogP contribution < -0.4 is 15.4 Å². The van der Waals surface area contributed by atoms with Gasteiger partial charge in [-0.15, -0.1) is 0 Å². The number of carbonyl (C=O) groups is 2. The zero-order valence-electron chi connectivity index (χ0n) is 21.7. The molecule has 1 aromatic heterocycles. The second-order valence-corrected chi connectivity index (χ2v) is 9.16. The molecular formula is C31H30N4O4. The molecule has 1 fully saturated rings. The third-order valence-corrected chi connectivity index (χ3v) is 6.47. The first-order valence-corrected chi connectivity index (χ1v) is 12.9. The molecule has 2 heterocycles. The summed E-state index contributed by atoms with van der Waals surface area (Å²) in [7, 11) is 1.56. The molecule has 2 N–H and O–H groups in total. The number of para-hydroxylation sites is 1. The predicted octanol–water partition coefficient (Wildman–Crippen LogP) is 4.61. The number of benzene rings is 3. The van der Waals surface area contributed by atoms with Gasteiger partial charge in [0.2, 0.25) is 0 Å². The molecular weight excluding hydrogens is 492 g/mol. The van der Waals surface area contributed by atoms with E-state index in [0.29, 0.717) is 35.7 Å². The summed E-state index contributed by atoms with van der Waals surface area (Å²) in [6, 6.07) is 26.2. The van der Waals surface area contributed by atoms with Crippen LogP contribution in [0, 0.1) is 0 Å². The van der Waals surface area contributed by atoms with Crippen LogP contribution in [0.2, 0.25) is 0 Å². The zero-order chi connectivity index (χ0) is 27.0. The summed E-state index contributed by atoms with van der Waals surface area (Å²) >= 11 is 0. The summed E-state index contributed by atoms with van der Waals surface area (Å²) in [6.45, 7) is 1.06. The van der Waals surface area contributed by atoms with E-state index in [0.717, 1.165) is 24.1 Å². The van der Waals surface area contributed by atoms with Crippen molar-refractivity contribution in [2.24, 2.45) is 0 Å². The standard InChI is InChI=1S/C31H30N4O4/c1-38-26-16-14-23(15-17-26)30(36)33-28(31(37)32-20-27-13-8-18-39-27)19-24-21-35(25-11-6-3-7-12-25)34-29(24)22-9-4-2-5-10-22/h2-7,9-12,14-17,19,21,27H,8,13,18,20H2,1H3,(H,32,37)(H,33,36)/b28-19-/t27-/m0/s1. The van der Waals surface area contributed by atoms with Crippen LogP contribution in [0.1, 0.15) is 28.8 Å². The molecule has 5 rings (SSSR count). The second kappa shape index (κ2) is 12.2. The molecule has 0 bridgehead atoms. The first kappa shape index (κ1) is 25.9. The monoisotopic (exact) mass is 522 g/mol. The molecule has 4 aromatic rings. The van der Waals surface area contributed by atoms with Gasteiger partial charge in [-0.3, -0.25) is 9.59 Å². The van der Waals surface area contributed by atoms with E-state index in [4.69, 9.17) is 14.6 Å². The van der Waals surface area contributed by atoms with Crippen LogP contribution in [-0.4, -0.2) is 48.0 Å². The number of methoxy groups -OCH3 is 1. The fourth-order valence-electron chi connectivity index (χ4n) is 4.38. The van der Waals surface area contributed by atoms with E-state index in [1.54, 1.807) is 42.1 Å². The lowest BCUT2D eigenvalue weighted by molar-refractivity contribution is -0.118. The summed E-state index contributed by atoms with van der Waals surface area (Å²) in [5, 5.41) is 10.6. The third kappa shape index (κ3) is 6.42. The molecule has 8 nitrogen and oxygen atoms in total. The lowest BCUT2D eigenvalue weighted by atomic mass is 10.1. The first-order chi connectivity index (χ1) is 19.1. The Hall–Kier alpha value is -4.69. The SMILES string of the molecule is COc1ccc(C(=O)N/C(=C\c2cn(-c3ccccc3)nc2-c2ccccc2)C(=O)NC[C@@H]2CCCO2)cc1. The van der Waals surface area contributed by atoms with Gasteiger partial charge in [-0.2, -0.15) is 5.10 Å². The highest BCUT2D eigenvalue weighted by molar-refractivity contribution is 6.05. The minimum Gasteiger partial charge on any atom is -0.497 e. The van der Waals surface area contributed by atoms with Gasteiger partial charge < -0.3 is 20.1 Å². The minimum atomic E-state index is -0.409. The van der Waals surface area contributed by atoms with Gasteiger partial charge in [0, 0.05) is 36.0 Å². The Morgan fingerprint density at radius 1 is 1.03 bits per heavy atom. The number of ether oxygens (including phenoxy) is 2. The highest BCUT2D eigenvalue weighted by Gasteiger charge is 2.21. The number of nitrogens with zero attached hydrogens (tertiary/aromatic N) is 2. The maximum Gasteiger partial charge on any atom is 0.267 e. The number of rotatable bonds is 9. The average Bonchev–Trinajstić information content (AvgIpc) is 3.67. The molecule has 1 aliphatic rings. The molecule has 2 amide bonds. The Balaban J connectivity index is 1.51. The normalized spacial score (nSPS) is 15.1. The van der Waals surface area contributed by atoms with Gasteiger partial charge in [-0.05, 0) is 55.3 Å². The molecule has 1 aliphatic heterocycles. The summed E-state index contributed by atoms with van der Waals surface area (Å²) in [6.07, 6.45) is 5.34. The van der Waals surface area contributed by atoms with Crippen molar-refractivity contribution in [3.63, 3.8) is 0 Å². The van der Waals surface area contributed by atoms with Crippen LogP contribution in [0.3, 0.4) is 0 Å². The van der Waals surface area contributed by atoms with E-state index in [9.17, 15) is 9.59 Å². The van der Waals surface area contributed by atoms with Gasteiger partial charge >= 0.3 is 0 Å². The van der Waals surface area contributed by atoms with E-state index in [1.165, 1.54) is 0 Å². The zero-order valence-corrected chi connectivity index (χ0v) is 21.7. The van der Waals surface area contributed by atoms with E-state index in [-0.39, 0.29) is 11.8 Å². The van der Waals surface area contributed by atoms with E-state index < -0.39 is 11.8 Å². The van der Waals surface area contributed by atoms with Crippen molar-refractivity contribution in [1.29, 1.82) is 0 Å². The minimum absolute atomic E-state index is 0.0341. The molecule has 0 unspecified atom stereocenters. The number of nitrogens with one attached hydrogen (secondary N) is 2. The molecule has 0 radical (unpaired) electrons. The van der Waals surface area contributed by atoms with Crippen LogP contribution in [0.15, 0.2) is 96.8 Å². The molecule has 0 aliphatic carbocycles. The van der Waals surface area contributed by atoms with Crippen molar-refractivity contribution in [3.05, 3.63) is 108 Å². The van der Waals surface area contributed by atoms with Crippen LogP contribution in [0.5, 0.6) is 5.75 Å². The first-order valence-electron chi connectivity index (χ1n) is 12.9. The predicted molar refractivity (Wildman–Crippen MR) is 149 cm³/mol. The van der Waals surface area contributed by atoms with Crippen molar-refractivity contribution >= 4 is 17.9 Å². The summed E-state index contributed by atoms with van der Waals surface area (Å²) in [5.74, 6) is -0.177. The van der Waals surface area contributed by atoms with Gasteiger partial charge in [0.05, 0.1) is 18.9 Å². The molecule has 198 valence electrons. The summed E-state index contributed by atoms with van der Waals surface area (Å²) in [4.78, 5) is 26.6. The van der Waals surface area contributed by atoms with Gasteiger partial charge in [0.25, 0.3) is 11.8 Å². The molecule has 0 spiro atoms. The van der Waals surface area contributed by atoms with Crippen LogP contribution >= 0.6 is 0 Å². The van der Waals surface area contributed by atoms with Crippen molar-refractivity contribution in [3.8, 4) is 22.7 Å². The quantitative estimate of drug-likeness (QED) is 0.313. The maximum absolute atomic E-state index is 13.4. The van der Waals surface area contributed by atoms with Gasteiger partial charge in [0.15, 0.2) is 0 Å². The number of carbonyl (C=O) groups excluding carboxylic acids is 2. The number of hydrogen-bond donors (Lipinski definition) is 2. The van der Waals surface area contributed by atoms with Gasteiger partial charge in [-0.1, -0.05) is 48.5 Å². The van der Waals surface area contributed by atoms with Crippen LogP contribution in [0.4, 0.5) is 0 Å². The van der Waals surface area contributed by atoms with E-state index >= 15 is 0 Å². The molecule has 39 heavy (non-hydrogen) atoms.